The van der Waals surface area contributed by atoms with E-state index in [4.69, 9.17) is 0 Å². The number of hydrogen-bond donors (Lipinski definition) is 1. The van der Waals surface area contributed by atoms with Crippen LogP contribution in [0.4, 0.5) is 11.4 Å². The maximum Gasteiger partial charge on any atom is 0.0460 e. The first-order valence-corrected chi connectivity index (χ1v) is 5.75. The summed E-state index contributed by atoms with van der Waals surface area (Å²) in [5, 5.41) is 3.42. The Balaban J connectivity index is 2.30. The SMILES string of the molecule is C=C(C)c1ccccc1Nc1ccc(C)cc1. The largest absolute Gasteiger partial charge is 0.355 e. The molecule has 86 valence electrons. The number of nitrogens with one attached hydrogen (secondary N) is 1. The second kappa shape index (κ2) is 4.88. The molecule has 0 fully saturated rings. The van der Waals surface area contributed by atoms with Gasteiger partial charge in [0.05, 0.1) is 0 Å². The Bertz CT molecular complexity index is 523. The molecule has 2 aromatic rings. The highest BCUT2D eigenvalue weighted by Crippen LogP contribution is 2.25. The van der Waals surface area contributed by atoms with Gasteiger partial charge in [-0.15, -0.1) is 0 Å². The lowest BCUT2D eigenvalue weighted by Crippen LogP contribution is -1.94. The first-order valence-electron chi connectivity index (χ1n) is 5.75. The fourth-order valence-corrected chi connectivity index (χ4v) is 1.76. The van der Waals surface area contributed by atoms with Crippen molar-refractivity contribution in [3.63, 3.8) is 0 Å². The van der Waals surface area contributed by atoms with Crippen molar-refractivity contribution >= 4 is 16.9 Å². The summed E-state index contributed by atoms with van der Waals surface area (Å²) < 4.78 is 0. The van der Waals surface area contributed by atoms with E-state index in [2.05, 4.69) is 55.2 Å². The van der Waals surface area contributed by atoms with Crippen molar-refractivity contribution in [3.05, 3.63) is 66.2 Å². The molecule has 0 unspecified atom stereocenters. The summed E-state index contributed by atoms with van der Waals surface area (Å²) in [6, 6.07) is 16.6. The summed E-state index contributed by atoms with van der Waals surface area (Å²) in [5.41, 5.74) is 5.70. The molecule has 0 aliphatic heterocycles. The number of allylic oxidation sites excluding steroid dienone is 1. The molecule has 0 spiro atoms. The highest BCUT2D eigenvalue weighted by atomic mass is 14.9. The van der Waals surface area contributed by atoms with Crippen LogP contribution in [0, 0.1) is 6.92 Å². The highest BCUT2D eigenvalue weighted by molar-refractivity contribution is 5.77. The second-order valence-corrected chi connectivity index (χ2v) is 4.32. The molecule has 0 radical (unpaired) electrons. The highest BCUT2D eigenvalue weighted by Gasteiger charge is 2.02. The first kappa shape index (κ1) is 11.5. The van der Waals surface area contributed by atoms with Crippen molar-refractivity contribution in [1.82, 2.24) is 0 Å². The quantitative estimate of drug-likeness (QED) is 0.790. The van der Waals surface area contributed by atoms with E-state index in [1.54, 1.807) is 0 Å². The molecule has 0 saturated carbocycles. The average Bonchev–Trinajstić information content (AvgIpc) is 2.32. The molecule has 1 heteroatoms. The Morgan fingerprint density at radius 1 is 1.00 bits per heavy atom. The zero-order valence-electron chi connectivity index (χ0n) is 10.3. The molecule has 1 nitrogen and oxygen atoms in total. The van der Waals surface area contributed by atoms with Crippen molar-refractivity contribution in [2.45, 2.75) is 13.8 Å². The topological polar surface area (TPSA) is 12.0 Å². The predicted octanol–water partition coefficient (Wildman–Crippen LogP) is 4.77. The molecule has 2 aromatic carbocycles. The lowest BCUT2D eigenvalue weighted by molar-refractivity contribution is 1.44. The molecule has 0 amide bonds. The minimum atomic E-state index is 1.07. The summed E-state index contributed by atoms with van der Waals surface area (Å²) in [7, 11) is 0. The number of hydrogen-bond acceptors (Lipinski definition) is 1. The third-order valence-corrected chi connectivity index (χ3v) is 2.72. The molecular formula is C16H17N. The fourth-order valence-electron chi connectivity index (χ4n) is 1.76. The van der Waals surface area contributed by atoms with Crippen LogP contribution >= 0.6 is 0 Å². The predicted molar refractivity (Wildman–Crippen MR) is 75.6 cm³/mol. The van der Waals surface area contributed by atoms with E-state index >= 15 is 0 Å². The summed E-state index contributed by atoms with van der Waals surface area (Å²) in [6.45, 7) is 8.11. The Kier molecular flexibility index (Phi) is 3.29. The zero-order chi connectivity index (χ0) is 12.3. The van der Waals surface area contributed by atoms with Gasteiger partial charge in [-0.25, -0.2) is 0 Å². The van der Waals surface area contributed by atoms with Gasteiger partial charge in [-0.2, -0.15) is 0 Å². The Morgan fingerprint density at radius 2 is 1.65 bits per heavy atom. The van der Waals surface area contributed by atoms with E-state index in [9.17, 15) is 0 Å². The fraction of sp³-hybridized carbons (Fsp3) is 0.125. The lowest BCUT2D eigenvalue weighted by Gasteiger charge is -2.12. The maximum atomic E-state index is 4.00. The van der Waals surface area contributed by atoms with Gasteiger partial charge in [0.1, 0.15) is 0 Å². The molecule has 0 atom stereocenters. The molecule has 0 heterocycles. The third-order valence-electron chi connectivity index (χ3n) is 2.72. The molecule has 0 saturated heterocycles. The summed E-state index contributed by atoms with van der Waals surface area (Å²) >= 11 is 0. The van der Waals surface area contributed by atoms with Crippen LogP contribution < -0.4 is 5.32 Å². The van der Waals surface area contributed by atoms with Crippen molar-refractivity contribution in [2.24, 2.45) is 0 Å². The van der Waals surface area contributed by atoms with Crippen LogP contribution in [0.2, 0.25) is 0 Å². The van der Waals surface area contributed by atoms with Gasteiger partial charge in [0, 0.05) is 16.9 Å². The van der Waals surface area contributed by atoms with Crippen LogP contribution in [0.3, 0.4) is 0 Å². The Morgan fingerprint density at radius 3 is 2.29 bits per heavy atom. The number of anilines is 2. The van der Waals surface area contributed by atoms with Crippen molar-refractivity contribution < 1.29 is 0 Å². The summed E-state index contributed by atoms with van der Waals surface area (Å²) in [5.74, 6) is 0. The van der Waals surface area contributed by atoms with E-state index < -0.39 is 0 Å². The van der Waals surface area contributed by atoms with E-state index in [-0.39, 0.29) is 0 Å². The molecule has 0 aliphatic rings. The normalized spacial score (nSPS) is 10.0. The molecule has 1 N–H and O–H groups in total. The van der Waals surface area contributed by atoms with Gasteiger partial charge in [0.2, 0.25) is 0 Å². The van der Waals surface area contributed by atoms with E-state index in [1.807, 2.05) is 19.1 Å². The van der Waals surface area contributed by atoms with Gasteiger partial charge in [-0.05, 0) is 37.6 Å². The van der Waals surface area contributed by atoms with Gasteiger partial charge in [0.25, 0.3) is 0 Å². The standard InChI is InChI=1S/C16H17N/c1-12(2)15-6-4-5-7-16(15)17-14-10-8-13(3)9-11-14/h4-11,17H,1H2,2-3H3. The van der Waals surface area contributed by atoms with Crippen LogP contribution in [0.1, 0.15) is 18.1 Å². The molecule has 17 heavy (non-hydrogen) atoms. The molecule has 2 rings (SSSR count). The average molecular weight is 223 g/mol. The third kappa shape index (κ3) is 2.76. The monoisotopic (exact) mass is 223 g/mol. The Labute approximate surface area is 103 Å². The van der Waals surface area contributed by atoms with Crippen LogP contribution in [0.5, 0.6) is 0 Å². The number of rotatable bonds is 3. The number of para-hydroxylation sites is 1. The van der Waals surface area contributed by atoms with Crippen molar-refractivity contribution in [3.8, 4) is 0 Å². The molecule has 0 bridgehead atoms. The van der Waals surface area contributed by atoms with Crippen molar-refractivity contribution in [1.29, 1.82) is 0 Å². The second-order valence-electron chi connectivity index (χ2n) is 4.32. The molecule has 0 aliphatic carbocycles. The van der Waals surface area contributed by atoms with Crippen LogP contribution in [0.25, 0.3) is 5.57 Å². The number of benzene rings is 2. The van der Waals surface area contributed by atoms with E-state index in [0.717, 1.165) is 22.5 Å². The smallest absolute Gasteiger partial charge is 0.0460 e. The van der Waals surface area contributed by atoms with E-state index in [1.165, 1.54) is 5.56 Å². The molecule has 0 aromatic heterocycles. The first-order chi connectivity index (χ1) is 8.16. The lowest BCUT2D eigenvalue weighted by atomic mass is 10.1. The van der Waals surface area contributed by atoms with Crippen LogP contribution in [-0.4, -0.2) is 0 Å². The minimum absolute atomic E-state index is 1.07. The number of aryl methyl sites for hydroxylation is 1. The van der Waals surface area contributed by atoms with Crippen LogP contribution in [0.15, 0.2) is 55.1 Å². The van der Waals surface area contributed by atoms with Gasteiger partial charge in [-0.1, -0.05) is 42.5 Å². The van der Waals surface area contributed by atoms with E-state index in [0.29, 0.717) is 0 Å². The van der Waals surface area contributed by atoms with Gasteiger partial charge in [-0.3, -0.25) is 0 Å². The zero-order valence-corrected chi connectivity index (χ0v) is 10.3. The minimum Gasteiger partial charge on any atom is -0.355 e. The van der Waals surface area contributed by atoms with Gasteiger partial charge < -0.3 is 5.32 Å². The summed E-state index contributed by atoms with van der Waals surface area (Å²) in [6.07, 6.45) is 0. The summed E-state index contributed by atoms with van der Waals surface area (Å²) in [4.78, 5) is 0. The molecular weight excluding hydrogens is 206 g/mol. The van der Waals surface area contributed by atoms with Crippen LogP contribution in [-0.2, 0) is 0 Å². The van der Waals surface area contributed by atoms with Gasteiger partial charge in [0.15, 0.2) is 0 Å². The Hall–Kier alpha value is -2.02. The van der Waals surface area contributed by atoms with Gasteiger partial charge >= 0.3 is 0 Å². The van der Waals surface area contributed by atoms with Crippen molar-refractivity contribution in [2.75, 3.05) is 5.32 Å². The maximum absolute atomic E-state index is 4.00.